The van der Waals surface area contributed by atoms with Crippen molar-refractivity contribution in [3.63, 3.8) is 0 Å². The predicted molar refractivity (Wildman–Crippen MR) is 87.2 cm³/mol. The number of nitrogens with zero attached hydrogens (tertiary/aromatic N) is 1. The second kappa shape index (κ2) is 7.17. The third-order valence-electron chi connectivity index (χ3n) is 4.64. The summed E-state index contributed by atoms with van der Waals surface area (Å²) in [7, 11) is -3.28. The number of hydrogen-bond donors (Lipinski definition) is 2. The molecule has 0 aromatic heterocycles. The van der Waals surface area contributed by atoms with Crippen molar-refractivity contribution in [3.8, 4) is 0 Å². The Labute approximate surface area is 138 Å². The van der Waals surface area contributed by atoms with Crippen molar-refractivity contribution < 1.29 is 18.0 Å². The van der Waals surface area contributed by atoms with E-state index in [4.69, 9.17) is 0 Å². The highest BCUT2D eigenvalue weighted by molar-refractivity contribution is 7.88. The Morgan fingerprint density at radius 3 is 2.26 bits per heavy atom. The number of rotatable bonds is 4. The van der Waals surface area contributed by atoms with Crippen LogP contribution in [0, 0.1) is 0 Å². The zero-order valence-corrected chi connectivity index (χ0v) is 14.7. The van der Waals surface area contributed by atoms with Gasteiger partial charge in [0, 0.05) is 26.1 Å². The van der Waals surface area contributed by atoms with E-state index in [0.717, 1.165) is 31.9 Å². The van der Waals surface area contributed by atoms with Crippen molar-refractivity contribution in [1.29, 1.82) is 0 Å². The monoisotopic (exact) mass is 345 g/mol. The van der Waals surface area contributed by atoms with Crippen molar-refractivity contribution in [2.45, 2.75) is 63.5 Å². The average molecular weight is 345 g/mol. The molecule has 1 atom stereocenters. The van der Waals surface area contributed by atoms with Gasteiger partial charge in [-0.25, -0.2) is 13.1 Å². The van der Waals surface area contributed by atoms with E-state index in [1.54, 1.807) is 4.90 Å². The zero-order chi connectivity index (χ0) is 17.1. The molecule has 1 unspecified atom stereocenters. The van der Waals surface area contributed by atoms with Crippen molar-refractivity contribution in [2.75, 3.05) is 19.3 Å². The number of nitrogens with one attached hydrogen (secondary N) is 2. The highest BCUT2D eigenvalue weighted by atomic mass is 32.2. The van der Waals surface area contributed by atoms with Gasteiger partial charge in [-0.05, 0) is 19.3 Å². The maximum Gasteiger partial charge on any atom is 0.248 e. The Morgan fingerprint density at radius 2 is 1.74 bits per heavy atom. The third kappa shape index (κ3) is 4.91. The van der Waals surface area contributed by atoms with Gasteiger partial charge in [0.05, 0.1) is 6.26 Å². The van der Waals surface area contributed by atoms with Crippen LogP contribution in [-0.2, 0) is 19.6 Å². The number of amides is 2. The minimum atomic E-state index is -3.28. The van der Waals surface area contributed by atoms with E-state index in [-0.39, 0.29) is 17.9 Å². The lowest BCUT2D eigenvalue weighted by atomic mass is 9.88. The van der Waals surface area contributed by atoms with Crippen LogP contribution in [-0.4, -0.2) is 56.1 Å². The van der Waals surface area contributed by atoms with Crippen LogP contribution in [0.15, 0.2) is 0 Å². The van der Waals surface area contributed by atoms with Crippen LogP contribution >= 0.6 is 0 Å². The summed E-state index contributed by atoms with van der Waals surface area (Å²) in [4.78, 5) is 26.4. The predicted octanol–water partition coefficient (Wildman–Crippen LogP) is 0.366. The molecule has 2 fully saturated rings. The van der Waals surface area contributed by atoms with E-state index >= 15 is 0 Å². The van der Waals surface area contributed by atoms with Crippen molar-refractivity contribution in [3.05, 3.63) is 0 Å². The second-order valence-electron chi connectivity index (χ2n) is 6.80. The number of likely N-dealkylation sites (tertiary alicyclic amines) is 1. The van der Waals surface area contributed by atoms with Gasteiger partial charge in [-0.1, -0.05) is 25.7 Å². The maximum atomic E-state index is 13.1. The summed E-state index contributed by atoms with van der Waals surface area (Å²) >= 11 is 0. The van der Waals surface area contributed by atoms with Gasteiger partial charge in [-0.3, -0.25) is 9.59 Å². The molecule has 0 aromatic carbocycles. The second-order valence-corrected chi connectivity index (χ2v) is 8.58. The maximum absolute atomic E-state index is 13.1. The quantitative estimate of drug-likeness (QED) is 0.720. The first-order valence-electron chi connectivity index (χ1n) is 8.27. The van der Waals surface area contributed by atoms with Crippen molar-refractivity contribution >= 4 is 21.8 Å². The lowest BCUT2D eigenvalue weighted by molar-refractivity contribution is -0.141. The van der Waals surface area contributed by atoms with Gasteiger partial charge in [0.1, 0.15) is 5.54 Å². The lowest BCUT2D eigenvalue weighted by Gasteiger charge is -2.35. The summed E-state index contributed by atoms with van der Waals surface area (Å²) in [6.45, 7) is 2.33. The molecule has 2 N–H and O–H groups in total. The van der Waals surface area contributed by atoms with E-state index in [0.29, 0.717) is 32.4 Å². The van der Waals surface area contributed by atoms with Crippen LogP contribution < -0.4 is 10.0 Å². The SMILES string of the molecule is CC(=O)NC1(C(=O)N2CCC(NS(C)(=O)=O)C2)CCCCCC1. The Hall–Kier alpha value is -1.15. The minimum absolute atomic E-state index is 0.0626. The summed E-state index contributed by atoms with van der Waals surface area (Å²) in [5, 5.41) is 2.91. The van der Waals surface area contributed by atoms with Gasteiger partial charge >= 0.3 is 0 Å². The van der Waals surface area contributed by atoms with E-state index < -0.39 is 15.6 Å². The molecule has 1 saturated carbocycles. The number of hydrogen-bond acceptors (Lipinski definition) is 4. The van der Waals surface area contributed by atoms with Crippen LogP contribution in [0.1, 0.15) is 51.9 Å². The molecule has 1 saturated heterocycles. The van der Waals surface area contributed by atoms with Gasteiger partial charge in [0.2, 0.25) is 21.8 Å². The van der Waals surface area contributed by atoms with Crippen LogP contribution in [0.25, 0.3) is 0 Å². The normalized spacial score (nSPS) is 25.0. The molecule has 132 valence electrons. The fraction of sp³-hybridized carbons (Fsp3) is 0.867. The van der Waals surface area contributed by atoms with E-state index in [1.807, 2.05) is 0 Å². The fourth-order valence-electron chi connectivity index (χ4n) is 3.71. The first-order valence-corrected chi connectivity index (χ1v) is 10.2. The molecule has 2 rings (SSSR count). The smallest absolute Gasteiger partial charge is 0.248 e. The summed E-state index contributed by atoms with van der Waals surface area (Å²) < 4.78 is 25.3. The Balaban J connectivity index is 2.10. The largest absolute Gasteiger partial charge is 0.342 e. The molecule has 23 heavy (non-hydrogen) atoms. The highest BCUT2D eigenvalue weighted by Gasteiger charge is 2.43. The Kier molecular flexibility index (Phi) is 5.67. The molecule has 1 aliphatic carbocycles. The van der Waals surface area contributed by atoms with E-state index in [1.165, 1.54) is 6.92 Å². The molecule has 0 aromatic rings. The number of sulfonamides is 1. The minimum Gasteiger partial charge on any atom is -0.342 e. The molecular formula is C15H27N3O4S. The molecule has 7 nitrogen and oxygen atoms in total. The fourth-order valence-corrected chi connectivity index (χ4v) is 4.51. The summed E-state index contributed by atoms with van der Waals surface area (Å²) in [5.41, 5.74) is -0.817. The summed E-state index contributed by atoms with van der Waals surface area (Å²) in [6.07, 6.45) is 7.05. The van der Waals surface area contributed by atoms with E-state index in [9.17, 15) is 18.0 Å². The topological polar surface area (TPSA) is 95.6 Å². The van der Waals surface area contributed by atoms with E-state index in [2.05, 4.69) is 10.0 Å². The first kappa shape index (κ1) is 18.2. The van der Waals surface area contributed by atoms with Crippen molar-refractivity contribution in [1.82, 2.24) is 14.9 Å². The molecule has 2 amide bonds. The van der Waals surface area contributed by atoms with Gasteiger partial charge in [0.15, 0.2) is 0 Å². The molecular weight excluding hydrogens is 318 g/mol. The molecule has 8 heteroatoms. The lowest BCUT2D eigenvalue weighted by Crippen LogP contribution is -2.59. The molecule has 2 aliphatic rings. The molecule has 0 radical (unpaired) electrons. The Morgan fingerprint density at radius 1 is 1.13 bits per heavy atom. The highest BCUT2D eigenvalue weighted by Crippen LogP contribution is 2.30. The molecule has 0 spiro atoms. The van der Waals surface area contributed by atoms with Crippen LogP contribution in [0.3, 0.4) is 0 Å². The standard InChI is InChI=1S/C15H27N3O4S/c1-12(19)16-15(8-5-3-4-6-9-15)14(20)18-10-7-13(11-18)17-23(2,21)22/h13,17H,3-11H2,1-2H3,(H,16,19). The molecule has 1 heterocycles. The van der Waals surface area contributed by atoms with Gasteiger partial charge < -0.3 is 10.2 Å². The van der Waals surface area contributed by atoms with Gasteiger partial charge in [0.25, 0.3) is 0 Å². The average Bonchev–Trinajstić information content (AvgIpc) is 2.73. The summed E-state index contributed by atoms with van der Waals surface area (Å²) in [6, 6.07) is -0.242. The van der Waals surface area contributed by atoms with Crippen LogP contribution in [0.2, 0.25) is 0 Å². The Bertz CT molecular complexity index is 553. The summed E-state index contributed by atoms with van der Waals surface area (Å²) in [5.74, 6) is -0.252. The van der Waals surface area contributed by atoms with Crippen molar-refractivity contribution in [2.24, 2.45) is 0 Å². The number of carbonyl (C=O) groups is 2. The third-order valence-corrected chi connectivity index (χ3v) is 5.40. The van der Waals surface area contributed by atoms with Crippen LogP contribution in [0.4, 0.5) is 0 Å². The van der Waals surface area contributed by atoms with Gasteiger partial charge in [-0.15, -0.1) is 0 Å². The number of carbonyl (C=O) groups excluding carboxylic acids is 2. The molecule has 1 aliphatic heterocycles. The first-order chi connectivity index (χ1) is 10.7. The van der Waals surface area contributed by atoms with Gasteiger partial charge in [-0.2, -0.15) is 0 Å². The van der Waals surface area contributed by atoms with Crippen LogP contribution in [0.5, 0.6) is 0 Å². The zero-order valence-electron chi connectivity index (χ0n) is 13.9. The molecule has 0 bridgehead atoms.